The molecule has 0 aromatic heterocycles. The van der Waals surface area contributed by atoms with Crippen molar-refractivity contribution in [2.75, 3.05) is 6.54 Å². The fraction of sp³-hybridized carbons (Fsp3) is 0.571. The van der Waals surface area contributed by atoms with E-state index in [1.54, 1.807) is 12.1 Å². The van der Waals surface area contributed by atoms with Crippen LogP contribution in [0.2, 0.25) is 5.02 Å². The van der Waals surface area contributed by atoms with Crippen LogP contribution in [-0.2, 0) is 6.42 Å². The first-order valence-electron chi connectivity index (χ1n) is 6.29. The number of halogens is 2. The molecule has 0 aliphatic heterocycles. The molecule has 0 bridgehead atoms. The van der Waals surface area contributed by atoms with E-state index in [4.69, 9.17) is 11.6 Å². The van der Waals surface area contributed by atoms with E-state index in [-0.39, 0.29) is 5.82 Å². The van der Waals surface area contributed by atoms with Crippen LogP contribution < -0.4 is 5.32 Å². The van der Waals surface area contributed by atoms with Gasteiger partial charge in [0, 0.05) is 16.6 Å². The standard InChI is InChI=1S/C14H19ClFN/c1-3-17-14(10-7-9(10)2)8-11-12(15)5-4-6-13(11)16/h4-6,9-10,14,17H,3,7-8H2,1-2H3. The van der Waals surface area contributed by atoms with Gasteiger partial charge in [0.25, 0.3) is 0 Å². The summed E-state index contributed by atoms with van der Waals surface area (Å²) in [6.45, 7) is 5.25. The highest BCUT2D eigenvalue weighted by Crippen LogP contribution is 2.42. The molecule has 1 aromatic rings. The molecule has 0 amide bonds. The van der Waals surface area contributed by atoms with Gasteiger partial charge in [-0.3, -0.25) is 0 Å². The minimum absolute atomic E-state index is 0.186. The molecule has 3 heteroatoms. The van der Waals surface area contributed by atoms with E-state index in [1.807, 2.05) is 0 Å². The number of hydrogen-bond donors (Lipinski definition) is 1. The zero-order chi connectivity index (χ0) is 12.4. The van der Waals surface area contributed by atoms with Gasteiger partial charge in [0.15, 0.2) is 0 Å². The summed E-state index contributed by atoms with van der Waals surface area (Å²) < 4.78 is 13.7. The number of benzene rings is 1. The third kappa shape index (κ3) is 2.99. The lowest BCUT2D eigenvalue weighted by molar-refractivity contribution is 0.446. The Bertz CT molecular complexity index is 374. The highest BCUT2D eigenvalue weighted by molar-refractivity contribution is 6.31. The normalized spacial score (nSPS) is 24.7. The maximum absolute atomic E-state index is 13.7. The zero-order valence-electron chi connectivity index (χ0n) is 10.3. The van der Waals surface area contributed by atoms with Crippen molar-refractivity contribution in [2.45, 2.75) is 32.7 Å². The molecule has 1 fully saturated rings. The van der Waals surface area contributed by atoms with Crippen LogP contribution in [0.5, 0.6) is 0 Å². The van der Waals surface area contributed by atoms with Gasteiger partial charge in [-0.1, -0.05) is 31.5 Å². The Balaban J connectivity index is 2.11. The van der Waals surface area contributed by atoms with Crippen molar-refractivity contribution < 1.29 is 4.39 Å². The van der Waals surface area contributed by atoms with Crippen molar-refractivity contribution in [3.63, 3.8) is 0 Å². The number of nitrogens with one attached hydrogen (secondary N) is 1. The van der Waals surface area contributed by atoms with Crippen LogP contribution in [-0.4, -0.2) is 12.6 Å². The molecule has 94 valence electrons. The van der Waals surface area contributed by atoms with E-state index in [0.29, 0.717) is 29.0 Å². The second-order valence-corrected chi connectivity index (χ2v) is 5.35. The largest absolute Gasteiger partial charge is 0.314 e. The van der Waals surface area contributed by atoms with Crippen LogP contribution in [0, 0.1) is 17.7 Å². The van der Waals surface area contributed by atoms with Crippen LogP contribution in [0.25, 0.3) is 0 Å². The molecule has 1 aliphatic carbocycles. The Kier molecular flexibility index (Phi) is 4.05. The van der Waals surface area contributed by atoms with E-state index < -0.39 is 0 Å². The molecule has 0 spiro atoms. The van der Waals surface area contributed by atoms with Crippen LogP contribution in [0.15, 0.2) is 18.2 Å². The fourth-order valence-corrected chi connectivity index (χ4v) is 2.74. The van der Waals surface area contributed by atoms with Gasteiger partial charge in [-0.05, 0) is 43.4 Å². The first-order valence-corrected chi connectivity index (χ1v) is 6.67. The van der Waals surface area contributed by atoms with Crippen molar-refractivity contribution in [1.29, 1.82) is 0 Å². The van der Waals surface area contributed by atoms with E-state index in [2.05, 4.69) is 19.2 Å². The number of likely N-dealkylation sites (N-methyl/N-ethyl adjacent to an activating group) is 1. The van der Waals surface area contributed by atoms with E-state index >= 15 is 0 Å². The summed E-state index contributed by atoms with van der Waals surface area (Å²) in [5.41, 5.74) is 0.652. The summed E-state index contributed by atoms with van der Waals surface area (Å²) in [7, 11) is 0. The Hall–Kier alpha value is -0.600. The van der Waals surface area contributed by atoms with Gasteiger partial charge >= 0.3 is 0 Å². The lowest BCUT2D eigenvalue weighted by Gasteiger charge is -2.19. The minimum atomic E-state index is -0.186. The van der Waals surface area contributed by atoms with Gasteiger partial charge in [0.1, 0.15) is 5.82 Å². The summed E-state index contributed by atoms with van der Waals surface area (Å²) in [4.78, 5) is 0. The molecule has 0 heterocycles. The van der Waals surface area contributed by atoms with Gasteiger partial charge in [-0.2, -0.15) is 0 Å². The van der Waals surface area contributed by atoms with Gasteiger partial charge in [0.05, 0.1) is 0 Å². The Morgan fingerprint density at radius 3 is 2.76 bits per heavy atom. The van der Waals surface area contributed by atoms with Crippen LogP contribution in [0.1, 0.15) is 25.8 Å². The van der Waals surface area contributed by atoms with Crippen molar-refractivity contribution in [1.82, 2.24) is 5.32 Å². The SMILES string of the molecule is CCNC(Cc1c(F)cccc1Cl)C1CC1C. The molecule has 0 radical (unpaired) electrons. The van der Waals surface area contributed by atoms with Crippen molar-refractivity contribution in [3.8, 4) is 0 Å². The zero-order valence-corrected chi connectivity index (χ0v) is 11.1. The Morgan fingerprint density at radius 2 is 2.24 bits per heavy atom. The molecule has 17 heavy (non-hydrogen) atoms. The number of hydrogen-bond acceptors (Lipinski definition) is 1. The summed E-state index contributed by atoms with van der Waals surface area (Å²) >= 11 is 6.07. The van der Waals surface area contributed by atoms with Gasteiger partial charge in [-0.15, -0.1) is 0 Å². The van der Waals surface area contributed by atoms with E-state index in [0.717, 1.165) is 12.5 Å². The highest BCUT2D eigenvalue weighted by atomic mass is 35.5. The summed E-state index contributed by atoms with van der Waals surface area (Å²) in [5, 5.41) is 4.00. The predicted molar refractivity (Wildman–Crippen MR) is 69.8 cm³/mol. The lowest BCUT2D eigenvalue weighted by atomic mass is 10.0. The molecule has 1 nitrogen and oxygen atoms in total. The number of rotatable bonds is 5. The molecule has 3 atom stereocenters. The first kappa shape index (κ1) is 12.8. The third-order valence-corrected chi connectivity index (χ3v) is 3.99. The summed E-state index contributed by atoms with van der Waals surface area (Å²) in [6, 6.07) is 5.26. The van der Waals surface area contributed by atoms with Crippen LogP contribution in [0.3, 0.4) is 0 Å². The molecule has 1 N–H and O–H groups in total. The Morgan fingerprint density at radius 1 is 1.53 bits per heavy atom. The second-order valence-electron chi connectivity index (χ2n) is 4.95. The topological polar surface area (TPSA) is 12.0 Å². The van der Waals surface area contributed by atoms with Crippen molar-refractivity contribution in [3.05, 3.63) is 34.6 Å². The molecule has 0 saturated heterocycles. The molecule has 3 unspecified atom stereocenters. The lowest BCUT2D eigenvalue weighted by Crippen LogP contribution is -2.33. The first-order chi connectivity index (χ1) is 8.13. The molecule has 1 aromatic carbocycles. The fourth-order valence-electron chi connectivity index (χ4n) is 2.50. The van der Waals surface area contributed by atoms with Crippen molar-refractivity contribution in [2.24, 2.45) is 11.8 Å². The second kappa shape index (κ2) is 5.36. The minimum Gasteiger partial charge on any atom is -0.314 e. The van der Waals surface area contributed by atoms with Crippen LogP contribution in [0.4, 0.5) is 4.39 Å². The molecular formula is C14H19ClFN. The van der Waals surface area contributed by atoms with E-state index in [9.17, 15) is 4.39 Å². The molecule has 2 rings (SSSR count). The molecular weight excluding hydrogens is 237 g/mol. The predicted octanol–water partition coefficient (Wildman–Crippen LogP) is 3.66. The maximum atomic E-state index is 13.7. The maximum Gasteiger partial charge on any atom is 0.127 e. The van der Waals surface area contributed by atoms with Crippen molar-refractivity contribution >= 4 is 11.6 Å². The third-order valence-electron chi connectivity index (χ3n) is 3.64. The van der Waals surface area contributed by atoms with E-state index in [1.165, 1.54) is 12.5 Å². The molecule has 1 aliphatic rings. The van der Waals surface area contributed by atoms with Gasteiger partial charge in [-0.25, -0.2) is 4.39 Å². The molecule has 1 saturated carbocycles. The monoisotopic (exact) mass is 255 g/mol. The Labute approximate surface area is 107 Å². The quantitative estimate of drug-likeness (QED) is 0.847. The summed E-state index contributed by atoms with van der Waals surface area (Å²) in [5.74, 6) is 1.24. The summed E-state index contributed by atoms with van der Waals surface area (Å²) in [6.07, 6.45) is 1.93. The highest BCUT2D eigenvalue weighted by Gasteiger charge is 2.39. The average Bonchev–Trinajstić information content (AvgIpc) is 2.99. The van der Waals surface area contributed by atoms with Gasteiger partial charge < -0.3 is 5.32 Å². The van der Waals surface area contributed by atoms with Crippen LogP contribution >= 0.6 is 11.6 Å². The smallest absolute Gasteiger partial charge is 0.127 e. The average molecular weight is 256 g/mol. The van der Waals surface area contributed by atoms with Gasteiger partial charge in [0.2, 0.25) is 0 Å².